The molecule has 0 aromatic heterocycles. The average Bonchev–Trinajstić information content (AvgIpc) is 2.54. The molecule has 0 atom stereocenters. The summed E-state index contributed by atoms with van der Waals surface area (Å²) in [6.45, 7) is 9.97. The lowest BCUT2D eigenvalue weighted by atomic mass is 10.3. The molecule has 0 aliphatic heterocycles. The molecule has 0 unspecified atom stereocenters. The Morgan fingerprint density at radius 3 is 2.48 bits per heavy atom. The van der Waals surface area contributed by atoms with Crippen LogP contribution in [0.3, 0.4) is 0 Å². The molecule has 7 nitrogen and oxygen atoms in total. The van der Waals surface area contributed by atoms with Crippen LogP contribution in [0.15, 0.2) is 4.99 Å². The van der Waals surface area contributed by atoms with Gasteiger partial charge in [-0.25, -0.2) is 12.7 Å². The molecular formula is C15H34N4O3S. The molecule has 0 bridgehead atoms. The maximum absolute atomic E-state index is 11.6. The van der Waals surface area contributed by atoms with Gasteiger partial charge in [-0.1, -0.05) is 0 Å². The van der Waals surface area contributed by atoms with Crippen LogP contribution in [-0.2, 0) is 14.8 Å². The van der Waals surface area contributed by atoms with E-state index < -0.39 is 10.0 Å². The quantitative estimate of drug-likeness (QED) is 0.294. The van der Waals surface area contributed by atoms with E-state index in [1.165, 1.54) is 4.31 Å². The molecule has 0 radical (unpaired) electrons. The van der Waals surface area contributed by atoms with Gasteiger partial charge in [0.05, 0.1) is 5.75 Å². The molecule has 0 saturated heterocycles. The van der Waals surface area contributed by atoms with Gasteiger partial charge >= 0.3 is 0 Å². The zero-order chi connectivity index (χ0) is 17.6. The molecule has 0 aromatic rings. The van der Waals surface area contributed by atoms with Crippen LogP contribution >= 0.6 is 0 Å². The fraction of sp³-hybridized carbons (Fsp3) is 0.933. The van der Waals surface area contributed by atoms with E-state index in [1.54, 1.807) is 14.0 Å². The van der Waals surface area contributed by atoms with Crippen molar-refractivity contribution in [2.24, 2.45) is 4.99 Å². The maximum atomic E-state index is 11.6. The fourth-order valence-corrected chi connectivity index (χ4v) is 2.71. The van der Waals surface area contributed by atoms with Crippen LogP contribution in [0.25, 0.3) is 0 Å². The van der Waals surface area contributed by atoms with Crippen molar-refractivity contribution in [3.05, 3.63) is 0 Å². The van der Waals surface area contributed by atoms with Crippen molar-refractivity contribution in [2.75, 3.05) is 52.2 Å². The predicted octanol–water partition coefficient (Wildman–Crippen LogP) is 1.03. The number of nitrogens with zero attached hydrogens (tertiary/aromatic N) is 2. The minimum Gasteiger partial charge on any atom is -0.382 e. The average molecular weight is 351 g/mol. The lowest BCUT2D eigenvalue weighted by molar-refractivity contribution is 0.143. The largest absolute Gasteiger partial charge is 0.382 e. The maximum Gasteiger partial charge on any atom is 0.213 e. The molecule has 0 fully saturated rings. The summed E-state index contributed by atoms with van der Waals surface area (Å²) in [5, 5.41) is 6.47. The molecule has 138 valence electrons. The van der Waals surface area contributed by atoms with Gasteiger partial charge in [0.1, 0.15) is 0 Å². The zero-order valence-electron chi connectivity index (χ0n) is 15.1. The summed E-state index contributed by atoms with van der Waals surface area (Å²) in [7, 11) is -1.48. The van der Waals surface area contributed by atoms with Gasteiger partial charge in [-0.2, -0.15) is 0 Å². The molecule has 0 aromatic carbocycles. The third-order valence-electron chi connectivity index (χ3n) is 3.30. The first kappa shape index (κ1) is 22.1. The van der Waals surface area contributed by atoms with Gasteiger partial charge in [0.2, 0.25) is 10.0 Å². The molecule has 0 heterocycles. The van der Waals surface area contributed by atoms with Gasteiger partial charge in [-0.05, 0) is 40.0 Å². The molecule has 23 heavy (non-hydrogen) atoms. The highest BCUT2D eigenvalue weighted by Crippen LogP contribution is 1.99. The monoisotopic (exact) mass is 350 g/mol. The van der Waals surface area contributed by atoms with Crippen molar-refractivity contribution in [3.8, 4) is 0 Å². The Balaban J connectivity index is 4.02. The van der Waals surface area contributed by atoms with Crippen LogP contribution in [0.2, 0.25) is 0 Å². The van der Waals surface area contributed by atoms with E-state index in [4.69, 9.17) is 4.74 Å². The summed E-state index contributed by atoms with van der Waals surface area (Å²) >= 11 is 0. The fourth-order valence-electron chi connectivity index (χ4n) is 1.87. The predicted molar refractivity (Wildman–Crippen MR) is 96.4 cm³/mol. The van der Waals surface area contributed by atoms with E-state index in [1.807, 2.05) is 13.8 Å². The van der Waals surface area contributed by atoms with Crippen LogP contribution in [0.5, 0.6) is 0 Å². The summed E-state index contributed by atoms with van der Waals surface area (Å²) in [4.78, 5) is 4.47. The van der Waals surface area contributed by atoms with E-state index in [9.17, 15) is 8.42 Å². The Bertz CT molecular complexity index is 413. The molecule has 0 spiro atoms. The van der Waals surface area contributed by atoms with Crippen LogP contribution in [0.1, 0.15) is 40.0 Å². The number of rotatable bonds is 13. The van der Waals surface area contributed by atoms with Gasteiger partial charge in [-0.3, -0.25) is 4.99 Å². The second-order valence-corrected chi connectivity index (χ2v) is 7.53. The van der Waals surface area contributed by atoms with Crippen molar-refractivity contribution in [1.82, 2.24) is 14.9 Å². The van der Waals surface area contributed by atoms with E-state index in [0.717, 1.165) is 45.1 Å². The zero-order valence-corrected chi connectivity index (χ0v) is 15.9. The molecular weight excluding hydrogens is 316 g/mol. The minimum absolute atomic E-state index is 0.138. The highest BCUT2D eigenvalue weighted by Gasteiger charge is 2.13. The van der Waals surface area contributed by atoms with Crippen molar-refractivity contribution < 1.29 is 13.2 Å². The summed E-state index contributed by atoms with van der Waals surface area (Å²) < 4.78 is 30.0. The first-order valence-electron chi connectivity index (χ1n) is 8.51. The second kappa shape index (κ2) is 13.6. The van der Waals surface area contributed by atoms with Gasteiger partial charge in [0.15, 0.2) is 5.96 Å². The van der Waals surface area contributed by atoms with Gasteiger partial charge in [-0.15, -0.1) is 0 Å². The minimum atomic E-state index is -3.09. The van der Waals surface area contributed by atoms with Crippen LogP contribution in [0, 0.1) is 0 Å². The Hall–Kier alpha value is -0.860. The third kappa shape index (κ3) is 11.3. The van der Waals surface area contributed by atoms with Gasteiger partial charge in [0, 0.05) is 46.4 Å². The summed E-state index contributed by atoms with van der Waals surface area (Å²) in [6, 6.07) is 0. The van der Waals surface area contributed by atoms with Crippen molar-refractivity contribution in [1.29, 1.82) is 0 Å². The number of ether oxygens (including phenoxy) is 1. The molecule has 0 rings (SSSR count). The summed E-state index contributed by atoms with van der Waals surface area (Å²) in [6.07, 6.45) is 2.76. The van der Waals surface area contributed by atoms with Crippen LogP contribution < -0.4 is 10.6 Å². The lowest BCUT2D eigenvalue weighted by Crippen LogP contribution is -2.38. The number of guanidine groups is 1. The second-order valence-electron chi connectivity index (χ2n) is 5.17. The Kier molecular flexibility index (Phi) is 13.1. The van der Waals surface area contributed by atoms with E-state index in [0.29, 0.717) is 19.5 Å². The smallest absolute Gasteiger partial charge is 0.213 e. The lowest BCUT2D eigenvalue weighted by Gasteiger charge is -2.15. The molecule has 0 aliphatic carbocycles. The topological polar surface area (TPSA) is 83.0 Å². The number of hydrogen-bond donors (Lipinski definition) is 2. The highest BCUT2D eigenvalue weighted by atomic mass is 32.2. The van der Waals surface area contributed by atoms with E-state index in [2.05, 4.69) is 15.6 Å². The van der Waals surface area contributed by atoms with Gasteiger partial charge in [0.25, 0.3) is 0 Å². The summed E-state index contributed by atoms with van der Waals surface area (Å²) in [5.41, 5.74) is 0. The third-order valence-corrected chi connectivity index (χ3v) is 5.16. The number of nitrogens with one attached hydrogen (secondary N) is 2. The number of hydrogen-bond acceptors (Lipinski definition) is 4. The highest BCUT2D eigenvalue weighted by molar-refractivity contribution is 7.89. The SMILES string of the molecule is CCNC(=NCCCN(C)S(=O)(=O)CC)NCCCCOCC. The van der Waals surface area contributed by atoms with Gasteiger partial charge < -0.3 is 15.4 Å². The van der Waals surface area contributed by atoms with Crippen LogP contribution in [0.4, 0.5) is 0 Å². The molecule has 0 saturated carbocycles. The van der Waals surface area contributed by atoms with Crippen molar-refractivity contribution in [2.45, 2.75) is 40.0 Å². The Labute approximate surface area is 141 Å². The van der Waals surface area contributed by atoms with Crippen molar-refractivity contribution >= 4 is 16.0 Å². The number of unbranched alkanes of at least 4 members (excludes halogenated alkanes) is 1. The van der Waals surface area contributed by atoms with Crippen LogP contribution in [-0.4, -0.2) is 70.9 Å². The molecule has 0 aliphatic rings. The first-order chi connectivity index (χ1) is 11.0. The van der Waals surface area contributed by atoms with E-state index >= 15 is 0 Å². The first-order valence-corrected chi connectivity index (χ1v) is 10.1. The molecule has 2 N–H and O–H groups in total. The molecule has 8 heteroatoms. The standard InChI is InChI=1S/C15H34N4O3S/c1-5-16-15(17-11-8-9-14-22-6-2)18-12-10-13-19(4)23(20,21)7-3/h5-14H2,1-4H3,(H2,16,17,18). The molecule has 0 amide bonds. The number of aliphatic imine (C=N–C) groups is 1. The number of sulfonamides is 1. The Morgan fingerprint density at radius 1 is 1.13 bits per heavy atom. The summed E-state index contributed by atoms with van der Waals surface area (Å²) in [5.74, 6) is 0.920. The Morgan fingerprint density at radius 2 is 1.87 bits per heavy atom. The van der Waals surface area contributed by atoms with Crippen molar-refractivity contribution in [3.63, 3.8) is 0 Å². The normalized spacial score (nSPS) is 12.7. The van der Waals surface area contributed by atoms with E-state index in [-0.39, 0.29) is 5.75 Å².